The van der Waals surface area contributed by atoms with E-state index in [0.717, 1.165) is 19.5 Å². The smallest absolute Gasteiger partial charge is 0.0619 e. The molecule has 2 N–H and O–H groups in total. The van der Waals surface area contributed by atoms with Gasteiger partial charge in [-0.15, -0.1) is 0 Å². The summed E-state index contributed by atoms with van der Waals surface area (Å²) >= 11 is 0. The first-order chi connectivity index (χ1) is 9.68. The van der Waals surface area contributed by atoms with Crippen LogP contribution in [-0.2, 0) is 0 Å². The van der Waals surface area contributed by atoms with Gasteiger partial charge >= 0.3 is 0 Å². The summed E-state index contributed by atoms with van der Waals surface area (Å²) in [5.41, 5.74) is 1.22. The second kappa shape index (κ2) is 7.21. The van der Waals surface area contributed by atoms with Crippen molar-refractivity contribution >= 4 is 0 Å². The first kappa shape index (κ1) is 15.5. The molecular formula is C17H28N2O. The van der Waals surface area contributed by atoms with Crippen LogP contribution in [0.4, 0.5) is 0 Å². The summed E-state index contributed by atoms with van der Waals surface area (Å²) in [5, 5.41) is 13.7. The number of benzene rings is 1. The molecule has 3 nitrogen and oxygen atoms in total. The normalized spacial score (nSPS) is 26.9. The van der Waals surface area contributed by atoms with Crippen molar-refractivity contribution < 1.29 is 5.11 Å². The lowest BCUT2D eigenvalue weighted by Crippen LogP contribution is -2.56. The third kappa shape index (κ3) is 3.60. The number of aliphatic hydroxyl groups excluding tert-OH is 1. The molecule has 1 saturated carbocycles. The molecule has 1 aromatic carbocycles. The lowest BCUT2D eigenvalue weighted by atomic mass is 9.70. The minimum Gasteiger partial charge on any atom is -0.394 e. The Balaban J connectivity index is 2.13. The minimum absolute atomic E-state index is 0.143. The highest BCUT2D eigenvalue weighted by Crippen LogP contribution is 2.40. The standard InChI is InChI=1S/C17H28N2O/c1-19(2)13-12-18-17(14-20)11-7-6-10-16(17)15-8-4-3-5-9-15/h3-5,8-9,16,18,20H,6-7,10-14H2,1-2H3. The fourth-order valence-electron chi connectivity index (χ4n) is 3.40. The Hall–Kier alpha value is -0.900. The van der Waals surface area contributed by atoms with Crippen LogP contribution in [0.15, 0.2) is 30.3 Å². The van der Waals surface area contributed by atoms with Crippen LogP contribution < -0.4 is 5.32 Å². The van der Waals surface area contributed by atoms with Crippen molar-refractivity contribution in [3.05, 3.63) is 35.9 Å². The second-order valence-electron chi connectivity index (χ2n) is 6.25. The largest absolute Gasteiger partial charge is 0.394 e. The summed E-state index contributed by atoms with van der Waals surface area (Å²) in [6.07, 6.45) is 4.70. The molecule has 112 valence electrons. The SMILES string of the molecule is CN(C)CCNC1(CO)CCCCC1c1ccccc1. The van der Waals surface area contributed by atoms with E-state index in [0.29, 0.717) is 5.92 Å². The zero-order valence-electron chi connectivity index (χ0n) is 12.8. The van der Waals surface area contributed by atoms with E-state index in [1.165, 1.54) is 24.8 Å². The van der Waals surface area contributed by atoms with Gasteiger partial charge in [0.25, 0.3) is 0 Å². The van der Waals surface area contributed by atoms with Gasteiger partial charge < -0.3 is 15.3 Å². The summed E-state index contributed by atoms with van der Waals surface area (Å²) in [6.45, 7) is 2.15. The Bertz CT molecular complexity index is 393. The van der Waals surface area contributed by atoms with Gasteiger partial charge in [-0.25, -0.2) is 0 Å². The van der Waals surface area contributed by atoms with Gasteiger partial charge in [0.15, 0.2) is 0 Å². The molecule has 20 heavy (non-hydrogen) atoms. The Morgan fingerprint density at radius 3 is 2.65 bits per heavy atom. The molecule has 1 aromatic rings. The molecule has 1 aliphatic rings. The van der Waals surface area contributed by atoms with Crippen molar-refractivity contribution in [2.24, 2.45) is 0 Å². The summed E-state index contributed by atoms with van der Waals surface area (Å²) in [7, 11) is 4.17. The van der Waals surface area contributed by atoms with E-state index in [-0.39, 0.29) is 12.1 Å². The van der Waals surface area contributed by atoms with Crippen molar-refractivity contribution in [3.8, 4) is 0 Å². The molecule has 0 aromatic heterocycles. The fourth-order valence-corrected chi connectivity index (χ4v) is 3.40. The molecule has 0 aliphatic heterocycles. The Labute approximate surface area is 123 Å². The van der Waals surface area contributed by atoms with Crippen LogP contribution in [0, 0.1) is 0 Å². The quantitative estimate of drug-likeness (QED) is 0.836. The molecule has 2 unspecified atom stereocenters. The van der Waals surface area contributed by atoms with E-state index < -0.39 is 0 Å². The van der Waals surface area contributed by atoms with E-state index in [4.69, 9.17) is 0 Å². The van der Waals surface area contributed by atoms with Crippen molar-refractivity contribution in [1.82, 2.24) is 10.2 Å². The molecule has 0 radical (unpaired) electrons. The summed E-state index contributed by atoms with van der Waals surface area (Å²) in [5.74, 6) is 0.421. The van der Waals surface area contributed by atoms with Gasteiger partial charge in [0.2, 0.25) is 0 Å². The van der Waals surface area contributed by atoms with Crippen LogP contribution in [0.5, 0.6) is 0 Å². The summed E-state index contributed by atoms with van der Waals surface area (Å²) in [6, 6.07) is 10.7. The molecule has 3 heteroatoms. The number of rotatable bonds is 6. The van der Waals surface area contributed by atoms with Gasteiger partial charge in [0.1, 0.15) is 0 Å². The van der Waals surface area contributed by atoms with Crippen LogP contribution >= 0.6 is 0 Å². The number of aliphatic hydroxyl groups is 1. The van der Waals surface area contributed by atoms with Gasteiger partial charge in [0.05, 0.1) is 6.61 Å². The molecule has 1 fully saturated rings. The van der Waals surface area contributed by atoms with Gasteiger partial charge in [-0.2, -0.15) is 0 Å². The van der Waals surface area contributed by atoms with Crippen molar-refractivity contribution in [2.75, 3.05) is 33.8 Å². The second-order valence-corrected chi connectivity index (χ2v) is 6.25. The summed E-state index contributed by atoms with van der Waals surface area (Å²) in [4.78, 5) is 2.18. The number of nitrogens with zero attached hydrogens (tertiary/aromatic N) is 1. The van der Waals surface area contributed by atoms with Gasteiger partial charge in [-0.05, 0) is 32.5 Å². The number of hydrogen-bond acceptors (Lipinski definition) is 3. The van der Waals surface area contributed by atoms with E-state index in [1.807, 2.05) is 0 Å². The highest BCUT2D eigenvalue weighted by molar-refractivity contribution is 5.25. The zero-order valence-corrected chi connectivity index (χ0v) is 12.8. The zero-order chi connectivity index (χ0) is 14.4. The van der Waals surface area contributed by atoms with Crippen molar-refractivity contribution in [3.63, 3.8) is 0 Å². The maximum atomic E-state index is 10.1. The highest BCUT2D eigenvalue weighted by Gasteiger charge is 2.40. The molecule has 2 atom stereocenters. The van der Waals surface area contributed by atoms with Crippen LogP contribution in [0.25, 0.3) is 0 Å². The first-order valence-electron chi connectivity index (χ1n) is 7.73. The predicted octanol–water partition coefficient (Wildman–Crippen LogP) is 2.23. The fraction of sp³-hybridized carbons (Fsp3) is 0.647. The molecular weight excluding hydrogens is 248 g/mol. The van der Waals surface area contributed by atoms with Crippen molar-refractivity contribution in [1.29, 1.82) is 0 Å². The highest BCUT2D eigenvalue weighted by atomic mass is 16.3. The Morgan fingerprint density at radius 1 is 1.25 bits per heavy atom. The van der Waals surface area contributed by atoms with Crippen molar-refractivity contribution in [2.45, 2.75) is 37.1 Å². The minimum atomic E-state index is -0.143. The van der Waals surface area contributed by atoms with E-state index >= 15 is 0 Å². The first-order valence-corrected chi connectivity index (χ1v) is 7.73. The third-order valence-corrected chi connectivity index (χ3v) is 4.55. The molecule has 0 saturated heterocycles. The lowest BCUT2D eigenvalue weighted by molar-refractivity contribution is 0.0977. The van der Waals surface area contributed by atoms with Gasteiger partial charge in [-0.1, -0.05) is 43.2 Å². The molecule has 1 aliphatic carbocycles. The third-order valence-electron chi connectivity index (χ3n) is 4.55. The van der Waals surface area contributed by atoms with Gasteiger partial charge in [0, 0.05) is 24.5 Å². The molecule has 0 spiro atoms. The lowest BCUT2D eigenvalue weighted by Gasteiger charge is -2.44. The maximum Gasteiger partial charge on any atom is 0.0619 e. The molecule has 0 heterocycles. The Morgan fingerprint density at radius 2 is 2.00 bits per heavy atom. The summed E-state index contributed by atoms with van der Waals surface area (Å²) < 4.78 is 0. The van der Waals surface area contributed by atoms with Crippen LogP contribution in [-0.4, -0.2) is 49.3 Å². The van der Waals surface area contributed by atoms with Gasteiger partial charge in [-0.3, -0.25) is 0 Å². The number of hydrogen-bond donors (Lipinski definition) is 2. The van der Waals surface area contributed by atoms with Crippen LogP contribution in [0.2, 0.25) is 0 Å². The van der Waals surface area contributed by atoms with E-state index in [1.54, 1.807) is 0 Å². The van der Waals surface area contributed by atoms with Crippen LogP contribution in [0.3, 0.4) is 0 Å². The maximum absolute atomic E-state index is 10.1. The number of nitrogens with one attached hydrogen (secondary N) is 1. The van der Waals surface area contributed by atoms with Crippen LogP contribution in [0.1, 0.15) is 37.2 Å². The molecule has 2 rings (SSSR count). The molecule has 0 amide bonds. The predicted molar refractivity (Wildman–Crippen MR) is 84.0 cm³/mol. The molecule has 0 bridgehead atoms. The monoisotopic (exact) mass is 276 g/mol. The van der Waals surface area contributed by atoms with E-state index in [2.05, 4.69) is 54.6 Å². The number of likely N-dealkylation sites (N-methyl/N-ethyl adjacent to an activating group) is 1. The Kier molecular flexibility index (Phi) is 5.58. The average Bonchev–Trinajstić information content (AvgIpc) is 2.48. The topological polar surface area (TPSA) is 35.5 Å². The van der Waals surface area contributed by atoms with E-state index in [9.17, 15) is 5.11 Å². The average molecular weight is 276 g/mol.